The van der Waals surface area contributed by atoms with Gasteiger partial charge in [0.15, 0.2) is 0 Å². The molecule has 2 fully saturated rings. The van der Waals surface area contributed by atoms with Gasteiger partial charge in [0.2, 0.25) is 0 Å². The molecule has 2 saturated carbocycles. The van der Waals surface area contributed by atoms with Crippen LogP contribution in [0, 0.1) is 6.92 Å². The lowest BCUT2D eigenvalue weighted by atomic mass is 9.72. The van der Waals surface area contributed by atoms with Gasteiger partial charge in [0, 0.05) is 11.4 Å². The van der Waals surface area contributed by atoms with E-state index in [9.17, 15) is 0 Å². The van der Waals surface area contributed by atoms with Crippen LogP contribution >= 0.6 is 0 Å². The van der Waals surface area contributed by atoms with Crippen LogP contribution in [0.4, 0.5) is 11.4 Å². The van der Waals surface area contributed by atoms with Crippen LogP contribution in [0.2, 0.25) is 0 Å². The summed E-state index contributed by atoms with van der Waals surface area (Å²) in [5, 5.41) is 0. The second kappa shape index (κ2) is 7.80. The maximum Gasteiger partial charge on any atom is 0.0402 e. The Labute approximate surface area is 148 Å². The predicted octanol–water partition coefficient (Wildman–Crippen LogP) is 6.21. The number of hydrogen-bond donors (Lipinski definition) is 2. The van der Waals surface area contributed by atoms with Gasteiger partial charge in [-0.25, -0.2) is 0 Å². The standard InChI is InChI=1S/C22H36N2/c1-3-10-18-19(16-11-6-4-7-12-16)20(17-13-8-5-9-14-17)22(24)15(2)21(18)23/h16-17H,3-14,23-24H2,1-2H3. The molecule has 0 radical (unpaired) electrons. The summed E-state index contributed by atoms with van der Waals surface area (Å²) in [5.41, 5.74) is 21.1. The lowest BCUT2D eigenvalue weighted by molar-refractivity contribution is 0.418. The maximum absolute atomic E-state index is 6.71. The summed E-state index contributed by atoms with van der Waals surface area (Å²) in [4.78, 5) is 0. The minimum atomic E-state index is 0.672. The highest BCUT2D eigenvalue weighted by atomic mass is 14.6. The minimum Gasteiger partial charge on any atom is -0.398 e. The first-order valence-corrected chi connectivity index (χ1v) is 10.3. The van der Waals surface area contributed by atoms with E-state index in [1.807, 2.05) is 0 Å². The Bertz CT molecular complexity index is 564. The molecule has 0 heterocycles. The van der Waals surface area contributed by atoms with E-state index >= 15 is 0 Å². The zero-order valence-electron chi connectivity index (χ0n) is 15.8. The number of anilines is 2. The second-order valence-electron chi connectivity index (χ2n) is 8.18. The summed E-state index contributed by atoms with van der Waals surface area (Å²) >= 11 is 0. The van der Waals surface area contributed by atoms with E-state index in [0.29, 0.717) is 11.8 Å². The molecular formula is C22H36N2. The summed E-state index contributed by atoms with van der Waals surface area (Å²) in [6, 6.07) is 0. The van der Waals surface area contributed by atoms with Gasteiger partial charge in [0.05, 0.1) is 0 Å². The molecule has 1 aromatic carbocycles. The van der Waals surface area contributed by atoms with Crippen LogP contribution in [-0.2, 0) is 6.42 Å². The Hall–Kier alpha value is -1.18. The van der Waals surface area contributed by atoms with Gasteiger partial charge in [0.25, 0.3) is 0 Å². The third kappa shape index (κ3) is 3.30. The molecule has 24 heavy (non-hydrogen) atoms. The second-order valence-corrected chi connectivity index (χ2v) is 8.18. The van der Waals surface area contributed by atoms with E-state index in [4.69, 9.17) is 11.5 Å². The van der Waals surface area contributed by atoms with Crippen molar-refractivity contribution in [3.05, 3.63) is 22.3 Å². The lowest BCUT2D eigenvalue weighted by Gasteiger charge is -2.34. The van der Waals surface area contributed by atoms with Crippen LogP contribution in [0.15, 0.2) is 0 Å². The van der Waals surface area contributed by atoms with Crippen molar-refractivity contribution in [2.24, 2.45) is 0 Å². The number of nitrogens with two attached hydrogens (primary N) is 2. The topological polar surface area (TPSA) is 52.0 Å². The van der Waals surface area contributed by atoms with Crippen LogP contribution in [0.1, 0.15) is 112 Å². The zero-order chi connectivity index (χ0) is 17.1. The molecule has 0 aliphatic heterocycles. The van der Waals surface area contributed by atoms with E-state index in [-0.39, 0.29) is 0 Å². The highest BCUT2D eigenvalue weighted by Gasteiger charge is 2.30. The molecule has 4 N–H and O–H groups in total. The van der Waals surface area contributed by atoms with Crippen LogP contribution in [-0.4, -0.2) is 0 Å². The van der Waals surface area contributed by atoms with Crippen molar-refractivity contribution in [3.63, 3.8) is 0 Å². The Balaban J connectivity index is 2.15. The molecule has 0 spiro atoms. The van der Waals surface area contributed by atoms with Gasteiger partial charge in [0.1, 0.15) is 0 Å². The van der Waals surface area contributed by atoms with Gasteiger partial charge in [-0.2, -0.15) is 0 Å². The van der Waals surface area contributed by atoms with Gasteiger partial charge in [-0.3, -0.25) is 0 Å². The van der Waals surface area contributed by atoms with E-state index in [2.05, 4.69) is 13.8 Å². The summed E-state index contributed by atoms with van der Waals surface area (Å²) in [6.07, 6.45) is 15.8. The molecule has 0 atom stereocenters. The summed E-state index contributed by atoms with van der Waals surface area (Å²) in [6.45, 7) is 4.41. The first kappa shape index (κ1) is 17.6. The van der Waals surface area contributed by atoms with Gasteiger partial charge in [-0.15, -0.1) is 0 Å². The molecule has 1 aromatic rings. The van der Waals surface area contributed by atoms with Crippen molar-refractivity contribution in [2.75, 3.05) is 11.5 Å². The van der Waals surface area contributed by atoms with Crippen molar-refractivity contribution in [2.45, 2.75) is 103 Å². The summed E-state index contributed by atoms with van der Waals surface area (Å²) in [5.74, 6) is 1.37. The Morgan fingerprint density at radius 1 is 0.750 bits per heavy atom. The molecule has 0 saturated heterocycles. The van der Waals surface area contributed by atoms with Gasteiger partial charge in [-0.1, -0.05) is 51.9 Å². The molecule has 2 nitrogen and oxygen atoms in total. The fourth-order valence-electron chi connectivity index (χ4n) is 5.23. The summed E-state index contributed by atoms with van der Waals surface area (Å²) in [7, 11) is 0. The van der Waals surface area contributed by atoms with E-state index in [1.165, 1.54) is 75.3 Å². The van der Waals surface area contributed by atoms with Crippen molar-refractivity contribution in [1.82, 2.24) is 0 Å². The monoisotopic (exact) mass is 328 g/mol. The Kier molecular flexibility index (Phi) is 5.73. The van der Waals surface area contributed by atoms with Crippen LogP contribution in [0.25, 0.3) is 0 Å². The highest BCUT2D eigenvalue weighted by Crippen LogP contribution is 2.48. The molecule has 0 bridgehead atoms. The van der Waals surface area contributed by atoms with Crippen LogP contribution in [0.5, 0.6) is 0 Å². The molecule has 0 unspecified atom stereocenters. The van der Waals surface area contributed by atoms with Gasteiger partial charge in [-0.05, 0) is 73.1 Å². The first-order chi connectivity index (χ1) is 11.6. The molecule has 2 heteroatoms. The van der Waals surface area contributed by atoms with E-state index < -0.39 is 0 Å². The SMILES string of the molecule is CCCc1c(N)c(C)c(N)c(C2CCCCC2)c1C1CCCCC1. The third-order valence-electron chi connectivity index (χ3n) is 6.57. The fourth-order valence-corrected chi connectivity index (χ4v) is 5.23. The third-order valence-corrected chi connectivity index (χ3v) is 6.57. The average molecular weight is 329 g/mol. The number of nitrogen functional groups attached to an aromatic ring is 2. The first-order valence-electron chi connectivity index (χ1n) is 10.3. The number of rotatable bonds is 4. The smallest absolute Gasteiger partial charge is 0.0402 e. The summed E-state index contributed by atoms with van der Waals surface area (Å²) < 4.78 is 0. The van der Waals surface area contributed by atoms with Crippen molar-refractivity contribution in [1.29, 1.82) is 0 Å². The lowest BCUT2D eigenvalue weighted by Crippen LogP contribution is -2.19. The molecular weight excluding hydrogens is 292 g/mol. The van der Waals surface area contributed by atoms with Crippen molar-refractivity contribution >= 4 is 11.4 Å². The average Bonchev–Trinajstić information content (AvgIpc) is 2.63. The number of hydrogen-bond acceptors (Lipinski definition) is 2. The zero-order valence-corrected chi connectivity index (χ0v) is 15.8. The number of benzene rings is 1. The van der Waals surface area contributed by atoms with Crippen LogP contribution < -0.4 is 11.5 Å². The fraction of sp³-hybridized carbons (Fsp3) is 0.727. The predicted molar refractivity (Wildman–Crippen MR) is 106 cm³/mol. The molecule has 134 valence electrons. The Morgan fingerprint density at radius 2 is 1.25 bits per heavy atom. The van der Waals surface area contributed by atoms with E-state index in [0.717, 1.165) is 29.8 Å². The quantitative estimate of drug-likeness (QED) is 0.646. The highest BCUT2D eigenvalue weighted by molar-refractivity contribution is 5.73. The molecule has 0 aromatic heterocycles. The van der Waals surface area contributed by atoms with Gasteiger partial charge >= 0.3 is 0 Å². The van der Waals surface area contributed by atoms with Gasteiger partial charge < -0.3 is 11.5 Å². The maximum atomic E-state index is 6.71. The largest absolute Gasteiger partial charge is 0.398 e. The molecule has 2 aliphatic rings. The molecule has 2 aliphatic carbocycles. The normalized spacial score (nSPS) is 20.4. The van der Waals surface area contributed by atoms with Crippen molar-refractivity contribution < 1.29 is 0 Å². The molecule has 3 rings (SSSR count). The van der Waals surface area contributed by atoms with E-state index in [1.54, 1.807) is 5.56 Å². The minimum absolute atomic E-state index is 0.672. The molecule has 0 amide bonds. The van der Waals surface area contributed by atoms with Crippen molar-refractivity contribution in [3.8, 4) is 0 Å². The van der Waals surface area contributed by atoms with Crippen LogP contribution in [0.3, 0.4) is 0 Å². The Morgan fingerprint density at radius 3 is 1.75 bits per heavy atom.